The summed E-state index contributed by atoms with van der Waals surface area (Å²) in [5, 5.41) is 7.08. The van der Waals surface area contributed by atoms with E-state index in [1.807, 2.05) is 12.3 Å². The van der Waals surface area contributed by atoms with E-state index in [2.05, 4.69) is 30.2 Å². The van der Waals surface area contributed by atoms with Gasteiger partial charge in [0.15, 0.2) is 11.6 Å². The van der Waals surface area contributed by atoms with Crippen LogP contribution in [-0.2, 0) is 22.3 Å². The molecule has 2 saturated heterocycles. The Bertz CT molecular complexity index is 1470. The molecule has 5 rings (SSSR count). The van der Waals surface area contributed by atoms with Crippen LogP contribution >= 0.6 is 0 Å². The molecule has 2 aliphatic heterocycles. The molecule has 2 amide bonds. The molecule has 0 spiro atoms. The summed E-state index contributed by atoms with van der Waals surface area (Å²) in [6.45, 7) is 6.11. The zero-order valence-corrected chi connectivity index (χ0v) is 23.4. The van der Waals surface area contributed by atoms with Crippen LogP contribution in [0.3, 0.4) is 0 Å². The normalized spacial score (nSPS) is 16.9. The van der Waals surface area contributed by atoms with Crippen LogP contribution in [0.1, 0.15) is 37.3 Å². The van der Waals surface area contributed by atoms with E-state index < -0.39 is 11.7 Å². The minimum absolute atomic E-state index is 0.0477. The minimum Gasteiger partial charge on any atom is -0.384 e. The Morgan fingerprint density at radius 3 is 2.50 bits per heavy atom. The lowest BCUT2D eigenvalue weighted by molar-refractivity contribution is -0.137. The van der Waals surface area contributed by atoms with Gasteiger partial charge in [-0.3, -0.25) is 14.5 Å². The van der Waals surface area contributed by atoms with Crippen LogP contribution in [-0.4, -0.2) is 87.0 Å². The first-order chi connectivity index (χ1) is 20.1. The van der Waals surface area contributed by atoms with Gasteiger partial charge in [0, 0.05) is 58.2 Å². The highest BCUT2D eigenvalue weighted by Gasteiger charge is 2.35. The smallest absolute Gasteiger partial charge is 0.384 e. The quantitative estimate of drug-likeness (QED) is 0.406. The number of allylic oxidation sites excluding steroid dienone is 1. The molecule has 0 radical (unpaired) electrons. The van der Waals surface area contributed by atoms with Crippen molar-refractivity contribution in [2.24, 2.45) is 0 Å². The van der Waals surface area contributed by atoms with E-state index in [0.717, 1.165) is 55.7 Å². The van der Waals surface area contributed by atoms with Crippen LogP contribution in [0.15, 0.2) is 36.7 Å². The number of fused-ring (bicyclic) bond motifs is 1. The number of piperidine rings is 1. The van der Waals surface area contributed by atoms with Crippen molar-refractivity contribution >= 4 is 29.0 Å². The number of alkyl halides is 3. The summed E-state index contributed by atoms with van der Waals surface area (Å²) in [4.78, 5) is 38.7. The molecule has 3 N–H and O–H groups in total. The molecule has 2 aliphatic rings. The molecule has 0 saturated carbocycles. The van der Waals surface area contributed by atoms with E-state index in [4.69, 9.17) is 5.73 Å². The van der Waals surface area contributed by atoms with Crippen LogP contribution in [0.4, 0.5) is 24.8 Å². The Balaban J connectivity index is 1.37. The molecule has 11 nitrogen and oxygen atoms in total. The van der Waals surface area contributed by atoms with E-state index >= 15 is 0 Å². The number of piperazine rings is 1. The van der Waals surface area contributed by atoms with Gasteiger partial charge in [0.2, 0.25) is 11.8 Å². The van der Waals surface area contributed by atoms with Gasteiger partial charge in [0.25, 0.3) is 0 Å². The van der Waals surface area contributed by atoms with E-state index in [9.17, 15) is 22.8 Å². The van der Waals surface area contributed by atoms with E-state index in [1.54, 1.807) is 22.4 Å². The molecule has 0 aliphatic carbocycles. The number of pyridine rings is 1. The maximum absolute atomic E-state index is 13.9. The van der Waals surface area contributed by atoms with Crippen molar-refractivity contribution in [2.45, 2.75) is 38.9 Å². The Labute approximate surface area is 241 Å². The second-order valence-corrected chi connectivity index (χ2v) is 10.5. The number of nitrogen functional groups attached to an aromatic ring is 1. The summed E-state index contributed by atoms with van der Waals surface area (Å²) in [5.41, 5.74) is 6.08. The Morgan fingerprint density at radius 2 is 1.81 bits per heavy atom. The standard InChI is InChI=1S/C28H34F3N9O2/c1-2-6-24(41)34-16-25(42)38-11-9-37(10-12-38)17-19-13-22-27(39-7-4-3-5-8-39)35-26(36-40(22)18-19)20-15-33-23(32)14-21(20)28(29,30)31/h2,6,13-15,18H,3-5,7-12,16-17H2,1H3,(H2,32,33)(H,34,41)/b6-2-. The van der Waals surface area contributed by atoms with Crippen molar-refractivity contribution in [2.75, 3.05) is 56.4 Å². The fourth-order valence-electron chi connectivity index (χ4n) is 5.36. The monoisotopic (exact) mass is 585 g/mol. The molecule has 0 bridgehead atoms. The van der Waals surface area contributed by atoms with Crippen LogP contribution in [0.5, 0.6) is 0 Å². The second-order valence-electron chi connectivity index (χ2n) is 10.5. The lowest BCUT2D eigenvalue weighted by atomic mass is 10.1. The molecular formula is C28H34F3N9O2. The van der Waals surface area contributed by atoms with Gasteiger partial charge < -0.3 is 20.9 Å². The minimum atomic E-state index is -4.65. The first-order valence-corrected chi connectivity index (χ1v) is 14.0. The zero-order valence-electron chi connectivity index (χ0n) is 23.4. The summed E-state index contributed by atoms with van der Waals surface area (Å²) in [6.07, 6.45) is 4.26. The van der Waals surface area contributed by atoms with E-state index in [-0.39, 0.29) is 35.6 Å². The Morgan fingerprint density at radius 1 is 1.07 bits per heavy atom. The summed E-state index contributed by atoms with van der Waals surface area (Å²) < 4.78 is 43.4. The number of anilines is 2. The third-order valence-electron chi connectivity index (χ3n) is 7.49. The number of nitrogens with zero attached hydrogens (tertiary/aromatic N) is 7. The number of carbonyl (C=O) groups is 2. The number of hydrogen-bond donors (Lipinski definition) is 2. The number of nitrogens with one attached hydrogen (secondary N) is 1. The molecule has 5 heterocycles. The van der Waals surface area contributed by atoms with Gasteiger partial charge >= 0.3 is 6.18 Å². The van der Waals surface area contributed by atoms with Gasteiger partial charge in [-0.05, 0) is 50.0 Å². The lowest BCUT2D eigenvalue weighted by Gasteiger charge is -2.34. The molecule has 0 unspecified atom stereocenters. The number of aromatic nitrogens is 4. The zero-order chi connectivity index (χ0) is 29.9. The van der Waals surface area contributed by atoms with Crippen LogP contribution in [0.25, 0.3) is 16.9 Å². The summed E-state index contributed by atoms with van der Waals surface area (Å²) >= 11 is 0. The van der Waals surface area contributed by atoms with Gasteiger partial charge in [0.1, 0.15) is 11.3 Å². The second kappa shape index (κ2) is 12.3. The van der Waals surface area contributed by atoms with Crippen molar-refractivity contribution in [3.05, 3.63) is 47.8 Å². The van der Waals surface area contributed by atoms with Crippen LogP contribution in [0.2, 0.25) is 0 Å². The third-order valence-corrected chi connectivity index (χ3v) is 7.49. The fourth-order valence-corrected chi connectivity index (χ4v) is 5.36. The van der Waals surface area contributed by atoms with Crippen LogP contribution < -0.4 is 16.0 Å². The van der Waals surface area contributed by atoms with Gasteiger partial charge in [0.05, 0.1) is 17.7 Å². The molecule has 14 heteroatoms. The predicted molar refractivity (Wildman–Crippen MR) is 151 cm³/mol. The van der Waals surface area contributed by atoms with Gasteiger partial charge in [-0.1, -0.05) is 6.08 Å². The number of amides is 2. The molecular weight excluding hydrogens is 551 g/mol. The van der Waals surface area contributed by atoms with Crippen molar-refractivity contribution < 1.29 is 22.8 Å². The van der Waals surface area contributed by atoms with Crippen molar-refractivity contribution in [1.29, 1.82) is 0 Å². The molecule has 3 aromatic rings. The van der Waals surface area contributed by atoms with Gasteiger partial charge in [-0.15, -0.1) is 5.10 Å². The van der Waals surface area contributed by atoms with E-state index in [0.29, 0.717) is 38.5 Å². The molecule has 0 atom stereocenters. The number of hydrogen-bond acceptors (Lipinski definition) is 8. The largest absolute Gasteiger partial charge is 0.417 e. The average Bonchev–Trinajstić information content (AvgIpc) is 3.38. The SMILES string of the molecule is C/C=C\C(=O)NCC(=O)N1CCN(Cc2cc3c(N4CCCCC4)nc(-c4cnc(N)cc4C(F)(F)F)nn3c2)CC1. The van der Waals surface area contributed by atoms with Crippen molar-refractivity contribution in [3.8, 4) is 11.4 Å². The third kappa shape index (κ3) is 6.64. The molecule has 0 aromatic carbocycles. The molecule has 2 fully saturated rings. The molecule has 224 valence electrons. The first-order valence-electron chi connectivity index (χ1n) is 14.0. The Hall–Kier alpha value is -4.20. The van der Waals surface area contributed by atoms with Gasteiger partial charge in [-0.25, -0.2) is 14.5 Å². The van der Waals surface area contributed by atoms with Gasteiger partial charge in [-0.2, -0.15) is 13.2 Å². The van der Waals surface area contributed by atoms with Crippen LogP contribution in [0, 0.1) is 0 Å². The maximum atomic E-state index is 13.9. The van der Waals surface area contributed by atoms with E-state index in [1.165, 1.54) is 6.08 Å². The fraction of sp³-hybridized carbons (Fsp3) is 0.464. The first kappa shape index (κ1) is 29.3. The topological polar surface area (TPSA) is 125 Å². The Kier molecular flexibility index (Phi) is 8.61. The predicted octanol–water partition coefficient (Wildman–Crippen LogP) is 2.72. The highest BCUT2D eigenvalue weighted by Crippen LogP contribution is 2.37. The molecule has 3 aromatic heterocycles. The number of rotatable bonds is 7. The average molecular weight is 586 g/mol. The summed E-state index contributed by atoms with van der Waals surface area (Å²) in [7, 11) is 0. The van der Waals surface area contributed by atoms with Crippen molar-refractivity contribution in [1.82, 2.24) is 34.7 Å². The lowest BCUT2D eigenvalue weighted by Crippen LogP contribution is -2.50. The summed E-state index contributed by atoms with van der Waals surface area (Å²) in [6, 6.07) is 2.79. The number of carbonyl (C=O) groups excluding carboxylic acids is 2. The van der Waals surface area contributed by atoms with Crippen molar-refractivity contribution in [3.63, 3.8) is 0 Å². The number of halogens is 3. The highest BCUT2D eigenvalue weighted by molar-refractivity contribution is 5.91. The number of nitrogens with two attached hydrogens (primary N) is 1. The maximum Gasteiger partial charge on any atom is 0.417 e. The molecule has 42 heavy (non-hydrogen) atoms. The highest BCUT2D eigenvalue weighted by atomic mass is 19.4. The summed E-state index contributed by atoms with van der Waals surface area (Å²) in [5.74, 6) is -0.147.